The number of likely N-dealkylation sites (N-methyl/N-ethyl adjacent to an activating group) is 6. The Labute approximate surface area is 636 Å². The summed E-state index contributed by atoms with van der Waals surface area (Å²) in [4.78, 5) is 181. The van der Waals surface area contributed by atoms with Gasteiger partial charge < -0.3 is 64.6 Å². The van der Waals surface area contributed by atoms with Crippen molar-refractivity contribution in [2.45, 2.75) is 281 Å². The number of alkyl halides is 5. The van der Waals surface area contributed by atoms with Gasteiger partial charge in [-0.25, -0.2) is 8.78 Å². The van der Waals surface area contributed by atoms with Crippen molar-refractivity contribution >= 4 is 65.0 Å². The largest absolute Gasteiger partial charge is 0.397 e. The Balaban J connectivity index is 1.34. The van der Waals surface area contributed by atoms with E-state index in [1.165, 1.54) is 69.0 Å². The fourth-order valence-electron chi connectivity index (χ4n) is 17.7. The first-order valence-electron chi connectivity index (χ1n) is 39.6. The van der Waals surface area contributed by atoms with Crippen LogP contribution in [0.2, 0.25) is 0 Å². The Bertz CT molecular complexity index is 3160. The van der Waals surface area contributed by atoms with Crippen molar-refractivity contribution < 1.29 is 84.2 Å². The first-order valence-corrected chi connectivity index (χ1v) is 39.6. The van der Waals surface area contributed by atoms with Gasteiger partial charge in [-0.05, 0) is 127 Å². The van der Waals surface area contributed by atoms with Gasteiger partial charge in [0.2, 0.25) is 65.0 Å². The molecule has 0 aromatic rings. The number of fused-ring (bicyclic) bond motifs is 3. The van der Waals surface area contributed by atoms with E-state index in [4.69, 9.17) is 9.47 Å². The summed E-state index contributed by atoms with van der Waals surface area (Å²) in [6.45, 7) is 16.1. The van der Waals surface area contributed by atoms with Gasteiger partial charge in [0.05, 0.1) is 37.8 Å². The van der Waals surface area contributed by atoms with Crippen LogP contribution in [0.15, 0.2) is 12.2 Å². The number of nitrogens with zero attached hydrogens (tertiary/aromatic N) is 9. The molecule has 0 aromatic carbocycles. The minimum absolute atomic E-state index is 0.0134. The van der Waals surface area contributed by atoms with Crippen LogP contribution in [0.3, 0.4) is 0 Å². The van der Waals surface area contributed by atoms with Crippen LogP contribution in [-0.4, -0.2) is 295 Å². The summed E-state index contributed by atoms with van der Waals surface area (Å²) in [6, 6.07) is -10.4. The van der Waals surface area contributed by atoms with E-state index >= 15 is 42.3 Å². The summed E-state index contributed by atoms with van der Waals surface area (Å²) in [6.07, 6.45) is -3.74. The Hall–Kier alpha value is -6.56. The summed E-state index contributed by atoms with van der Waals surface area (Å²) >= 11 is 0. The summed E-state index contributed by atoms with van der Waals surface area (Å²) in [7, 11) is 11.6. The third-order valence-electron chi connectivity index (χ3n) is 24.3. The van der Waals surface area contributed by atoms with Crippen LogP contribution in [0.25, 0.3) is 0 Å². The van der Waals surface area contributed by atoms with E-state index in [0.717, 1.165) is 35.5 Å². The second-order valence-corrected chi connectivity index (χ2v) is 33.8. The van der Waals surface area contributed by atoms with E-state index in [2.05, 4.69) is 22.9 Å². The van der Waals surface area contributed by atoms with Gasteiger partial charge in [0.1, 0.15) is 66.1 Å². The van der Waals surface area contributed by atoms with E-state index in [9.17, 15) is 32.3 Å². The second-order valence-electron chi connectivity index (χ2n) is 33.8. The van der Waals surface area contributed by atoms with Gasteiger partial charge in [-0.2, -0.15) is 13.2 Å². The average Bonchev–Trinajstić information content (AvgIpc) is 0.776. The Morgan fingerprint density at radius 3 is 1.87 bits per heavy atom. The lowest BCUT2D eigenvalue weighted by Crippen LogP contribution is -2.71. The number of nitrogens with one attached hydrogen (secondary N) is 3. The molecule has 2 bridgehead atoms. The highest BCUT2D eigenvalue weighted by Crippen LogP contribution is 2.50. The van der Waals surface area contributed by atoms with Gasteiger partial charge in [-0.1, -0.05) is 106 Å². The molecule has 3 aliphatic heterocycles. The van der Waals surface area contributed by atoms with Crippen molar-refractivity contribution in [3.05, 3.63) is 12.2 Å². The van der Waals surface area contributed by atoms with Crippen LogP contribution in [0.4, 0.5) is 22.0 Å². The molecule has 4 saturated carbocycles. The van der Waals surface area contributed by atoms with Crippen LogP contribution in [-0.2, 0) is 62.2 Å². The molecule has 0 aromatic heterocycles. The van der Waals surface area contributed by atoms with Gasteiger partial charge in [0.15, 0.2) is 0 Å². The minimum atomic E-state index is -5.17. The Morgan fingerprint density at radius 2 is 1.31 bits per heavy atom. The number of hydrogen-bond acceptors (Lipinski definition) is 14. The summed E-state index contributed by atoms with van der Waals surface area (Å²) in [5, 5.41) is 8.78. The van der Waals surface area contributed by atoms with E-state index < -0.39 is 193 Å². The van der Waals surface area contributed by atoms with Gasteiger partial charge >= 0.3 is 6.18 Å². The molecule has 612 valence electrons. The smallest absolute Gasteiger partial charge is 0.382 e. The molecule has 3 N–H and O–H groups in total. The molecule has 3 heterocycles. The molecule has 4 aliphatic carbocycles. The number of halogens is 5. The molecule has 2 unspecified atom stereocenters. The van der Waals surface area contributed by atoms with E-state index in [-0.39, 0.29) is 102 Å². The van der Waals surface area contributed by atoms with Crippen molar-refractivity contribution in [1.82, 2.24) is 60.0 Å². The normalized spacial score (nSPS) is 32.3. The number of rotatable bonds is 16. The van der Waals surface area contributed by atoms with Crippen molar-refractivity contribution in [2.75, 3.05) is 95.8 Å². The third-order valence-corrected chi connectivity index (χ3v) is 24.3. The van der Waals surface area contributed by atoms with Crippen LogP contribution in [0.1, 0.15) is 191 Å². The number of carbonyl (C=O) groups is 11. The quantitative estimate of drug-likeness (QED) is 0.107. The number of ether oxygens (including phenoxy) is 2. The summed E-state index contributed by atoms with van der Waals surface area (Å²) in [5.41, 5.74) is -2.31. The van der Waals surface area contributed by atoms with Gasteiger partial charge in [0.25, 0.3) is 0 Å². The molecular formula is C78H127F5N12O13. The molecule has 11 amide bonds. The molecule has 2 saturated heterocycles. The highest BCUT2D eigenvalue weighted by Gasteiger charge is 2.60. The highest BCUT2D eigenvalue weighted by molar-refractivity contribution is 6.01. The number of amides is 11. The summed E-state index contributed by atoms with van der Waals surface area (Å²) in [5.74, 6) is -11.8. The van der Waals surface area contributed by atoms with E-state index in [1.807, 2.05) is 58.6 Å². The van der Waals surface area contributed by atoms with Crippen LogP contribution in [0, 0.1) is 40.9 Å². The first-order chi connectivity index (χ1) is 50.6. The molecular weight excluding hydrogens is 1410 g/mol. The lowest BCUT2D eigenvalue weighted by molar-refractivity contribution is -0.219. The monoisotopic (exact) mass is 1530 g/mol. The first kappa shape index (κ1) is 88.7. The fourth-order valence-corrected chi connectivity index (χ4v) is 17.7. The molecule has 0 radical (unpaired) electrons. The number of hydrogen-bond donors (Lipinski definition) is 3. The Kier molecular flexibility index (Phi) is 31.3. The van der Waals surface area contributed by atoms with E-state index in [0.29, 0.717) is 44.4 Å². The molecule has 1 spiro atoms. The molecule has 30 heteroatoms. The zero-order valence-corrected chi connectivity index (χ0v) is 67.2. The zero-order chi connectivity index (χ0) is 80.4. The minimum Gasteiger partial charge on any atom is -0.382 e. The molecule has 25 nitrogen and oxygen atoms in total. The van der Waals surface area contributed by atoms with Crippen molar-refractivity contribution in [3.8, 4) is 0 Å². The summed E-state index contributed by atoms with van der Waals surface area (Å²) < 4.78 is 85.1. The fraction of sp³-hybridized carbons (Fsp3) is 0.833. The van der Waals surface area contributed by atoms with Gasteiger partial charge in [-0.3, -0.25) is 57.6 Å². The lowest BCUT2D eigenvalue weighted by Gasteiger charge is -2.54. The molecule has 12 atom stereocenters. The van der Waals surface area contributed by atoms with Crippen LogP contribution < -0.4 is 16.0 Å². The van der Waals surface area contributed by atoms with Gasteiger partial charge in [-0.15, -0.1) is 0 Å². The predicted molar refractivity (Wildman–Crippen MR) is 396 cm³/mol. The maximum atomic E-state index is 15.8. The highest BCUT2D eigenvalue weighted by atomic mass is 19.4. The molecule has 6 fully saturated rings. The predicted octanol–water partition coefficient (Wildman–Crippen LogP) is 6.69. The number of methoxy groups -OCH3 is 1. The maximum absolute atomic E-state index is 15.8. The van der Waals surface area contributed by atoms with Crippen LogP contribution in [0.5, 0.6) is 0 Å². The topological polar surface area (TPSA) is 271 Å². The third kappa shape index (κ3) is 21.8. The SMILES string of the molecule is CCC(CC)[C@H]1C(=O)N(C)[C@H](C(=O)N(C)C)CC(=O)N(C)[C@@H](COC)C(=O)N[C@@H]([C@@H](C)CC)C(=O)N(C2CC2)CCN(C)[C@H]2C/C=C\CCN(C2=O)[C@@H](CC2CCC(C)CC2)C(=O)N(C)CC(=O)N[C@@H](CCC2CC(F)C(C(F)(F)F)C(F)C2)C(=O)N2C[C@H](OC(C)C)C[C@H]2C(=O)NC2(CC(C)(C)C2)C(=O)N1C. The second kappa shape index (κ2) is 38.1. The Morgan fingerprint density at radius 1 is 0.685 bits per heavy atom. The molecule has 7 aliphatic rings. The lowest BCUT2D eigenvalue weighted by atomic mass is 9.58. The maximum Gasteiger partial charge on any atom is 0.397 e. The molecule has 108 heavy (non-hydrogen) atoms. The van der Waals surface area contributed by atoms with Crippen molar-refractivity contribution in [1.29, 1.82) is 0 Å². The standard InChI is InChI=1S/C78H127F5N12O13/c1-18-48(7)65-73(104)93(52-30-31-52)35-34-88(12)57-24-22-21-23-33-94(72(57)103)60(38-49-27-25-47(6)26-28-49)71(102)89(13)42-62(96)84-56(32-29-50-36-54(79)64(55(80)37-50)78(81,82)83)69(100)95-41-53(108-46(4)5)39-58(95)68(99)86-77(44-76(8,9)45-77)75(106)92(16)66(51(19-2)20-3)74(105)91(15)59(70(101)87(10)11)40-63(97)90(14)61(43-107-17)67(98)85-65/h21-22,46-61,64-66H,18-20,23-45H2,1-17H3,(H,84,96)(H,85,98)(H,86,99)/b22-21-/t47?,48-,49?,50?,53+,54?,55?,56-,57-,58-,59-,60-,61-,64?,65-,66-/m0/s1. The zero-order valence-electron chi connectivity index (χ0n) is 67.2. The van der Waals surface area contributed by atoms with E-state index in [1.54, 1.807) is 30.7 Å². The average molecular weight is 1540 g/mol. The van der Waals surface area contributed by atoms with Crippen molar-refractivity contribution in [2.24, 2.45) is 40.9 Å². The van der Waals surface area contributed by atoms with Gasteiger partial charge in [0, 0.05) is 88.0 Å². The number of carbonyl (C=O) groups excluding carboxylic acids is 11. The van der Waals surface area contributed by atoms with Crippen LogP contribution >= 0.6 is 0 Å². The molecule has 7 rings (SSSR count). The van der Waals surface area contributed by atoms with Crippen molar-refractivity contribution in [3.63, 3.8) is 0 Å².